The average molecular weight is 418 g/mol. The highest BCUT2D eigenvalue weighted by atomic mass is 35.5. The van der Waals surface area contributed by atoms with Crippen molar-refractivity contribution in [2.45, 2.75) is 26.3 Å². The summed E-state index contributed by atoms with van der Waals surface area (Å²) >= 11 is 5.77. The highest BCUT2D eigenvalue weighted by Gasteiger charge is 2.32. The quantitative estimate of drug-likeness (QED) is 0.671. The van der Waals surface area contributed by atoms with Crippen LogP contribution in [0.15, 0.2) is 36.4 Å². The Morgan fingerprint density at radius 1 is 1.18 bits per heavy atom. The van der Waals surface area contributed by atoms with Gasteiger partial charge in [0.05, 0.1) is 16.3 Å². The number of amides is 1. The highest BCUT2D eigenvalue weighted by Crippen LogP contribution is 2.31. The number of rotatable bonds is 7. The molecule has 0 spiro atoms. The average Bonchev–Trinajstić information content (AvgIpc) is 2.61. The van der Waals surface area contributed by atoms with Crippen LogP contribution in [0.1, 0.15) is 29.3 Å². The molecule has 0 heterocycles. The number of benzene rings is 2. The van der Waals surface area contributed by atoms with Crippen molar-refractivity contribution in [2.24, 2.45) is 0 Å². The first-order valence-electron chi connectivity index (χ1n) is 7.93. The summed E-state index contributed by atoms with van der Waals surface area (Å²) in [6.45, 7) is 1.55. The largest absolute Gasteiger partial charge is 0.573 e. The minimum Gasteiger partial charge on any atom is -0.489 e. The fourth-order valence-corrected chi connectivity index (χ4v) is 2.39. The minimum atomic E-state index is -4.86. The van der Waals surface area contributed by atoms with Crippen molar-refractivity contribution in [3.63, 3.8) is 0 Å². The summed E-state index contributed by atoms with van der Waals surface area (Å²) < 4.78 is 46.0. The predicted octanol–water partition coefficient (Wildman–Crippen LogP) is 4.86. The number of carbonyl (C=O) groups is 2. The summed E-state index contributed by atoms with van der Waals surface area (Å²) in [6.07, 6.45) is -4.67. The number of carboxylic acid groups (broad SMARTS) is 1. The highest BCUT2D eigenvalue weighted by molar-refractivity contribution is 6.32. The molecule has 0 saturated heterocycles. The SMILES string of the molecule is CCC(=O)Nc1ccc(OCc2ccc(OC(F)(F)F)c(Cl)c2)cc1C(=O)O. The van der Waals surface area contributed by atoms with E-state index in [1.807, 2.05) is 0 Å². The molecule has 150 valence electrons. The number of carboxylic acids is 1. The standard InChI is InChI=1S/C18H15ClF3NO5/c1-2-16(24)23-14-5-4-11(8-12(14)17(25)26)27-9-10-3-6-15(13(19)7-10)28-18(20,21)22/h3-8H,2,9H2,1H3,(H,23,24)(H,25,26). The Kier molecular flexibility index (Phi) is 6.74. The van der Waals surface area contributed by atoms with Crippen molar-refractivity contribution in [3.05, 3.63) is 52.5 Å². The van der Waals surface area contributed by atoms with Crippen molar-refractivity contribution in [2.75, 3.05) is 5.32 Å². The molecule has 6 nitrogen and oxygen atoms in total. The van der Waals surface area contributed by atoms with E-state index in [0.717, 1.165) is 6.07 Å². The lowest BCUT2D eigenvalue weighted by Crippen LogP contribution is -2.17. The van der Waals surface area contributed by atoms with E-state index in [2.05, 4.69) is 10.1 Å². The molecule has 0 bridgehead atoms. The van der Waals surface area contributed by atoms with E-state index in [-0.39, 0.29) is 41.0 Å². The number of alkyl halides is 3. The number of nitrogens with one attached hydrogen (secondary N) is 1. The second kappa shape index (κ2) is 8.83. The maximum absolute atomic E-state index is 12.2. The van der Waals surface area contributed by atoms with Gasteiger partial charge in [-0.05, 0) is 35.9 Å². The van der Waals surface area contributed by atoms with Crippen LogP contribution >= 0.6 is 11.6 Å². The van der Waals surface area contributed by atoms with Crippen LogP contribution in [0, 0.1) is 0 Å². The molecule has 0 fully saturated rings. The zero-order valence-electron chi connectivity index (χ0n) is 14.5. The Bertz CT molecular complexity index is 886. The van der Waals surface area contributed by atoms with Gasteiger partial charge in [0.25, 0.3) is 0 Å². The Balaban J connectivity index is 2.12. The zero-order chi connectivity index (χ0) is 20.9. The van der Waals surface area contributed by atoms with Gasteiger partial charge in [0.1, 0.15) is 18.1 Å². The molecule has 2 aromatic carbocycles. The van der Waals surface area contributed by atoms with Gasteiger partial charge in [0.15, 0.2) is 0 Å². The Labute approximate surface area is 162 Å². The van der Waals surface area contributed by atoms with Crippen LogP contribution in [0.25, 0.3) is 0 Å². The van der Waals surface area contributed by atoms with E-state index >= 15 is 0 Å². The smallest absolute Gasteiger partial charge is 0.489 e. The maximum Gasteiger partial charge on any atom is 0.573 e. The maximum atomic E-state index is 12.2. The van der Waals surface area contributed by atoms with Gasteiger partial charge in [-0.3, -0.25) is 4.79 Å². The minimum absolute atomic E-state index is 0.0776. The molecule has 2 rings (SSSR count). The third kappa shape index (κ3) is 6.05. The van der Waals surface area contributed by atoms with Crippen molar-refractivity contribution >= 4 is 29.2 Å². The third-order valence-corrected chi connectivity index (χ3v) is 3.74. The normalized spacial score (nSPS) is 11.0. The molecule has 0 atom stereocenters. The summed E-state index contributed by atoms with van der Waals surface area (Å²) in [7, 11) is 0. The molecule has 2 aromatic rings. The summed E-state index contributed by atoms with van der Waals surface area (Å²) in [5, 5.41) is 11.5. The summed E-state index contributed by atoms with van der Waals surface area (Å²) in [5.41, 5.74) is 0.411. The van der Waals surface area contributed by atoms with E-state index in [1.54, 1.807) is 6.92 Å². The van der Waals surface area contributed by atoms with Gasteiger partial charge in [-0.1, -0.05) is 24.6 Å². The van der Waals surface area contributed by atoms with E-state index in [0.29, 0.717) is 5.56 Å². The fraction of sp³-hybridized carbons (Fsp3) is 0.222. The van der Waals surface area contributed by atoms with Crippen LogP contribution in [0.4, 0.5) is 18.9 Å². The van der Waals surface area contributed by atoms with E-state index in [1.165, 1.54) is 30.3 Å². The van der Waals surface area contributed by atoms with Gasteiger partial charge < -0.3 is 19.9 Å². The second-order valence-corrected chi connectivity index (χ2v) is 5.92. The van der Waals surface area contributed by atoms with Gasteiger partial charge in [0.2, 0.25) is 5.91 Å². The van der Waals surface area contributed by atoms with Crippen molar-refractivity contribution < 1.29 is 37.3 Å². The molecular weight excluding hydrogens is 403 g/mol. The first kappa shape index (κ1) is 21.4. The monoisotopic (exact) mass is 417 g/mol. The van der Waals surface area contributed by atoms with Crippen molar-refractivity contribution in [3.8, 4) is 11.5 Å². The molecule has 0 aliphatic rings. The first-order chi connectivity index (χ1) is 13.1. The Morgan fingerprint density at radius 2 is 1.89 bits per heavy atom. The molecular formula is C18H15ClF3NO5. The van der Waals surface area contributed by atoms with Crippen molar-refractivity contribution in [1.82, 2.24) is 0 Å². The molecule has 0 aliphatic carbocycles. The molecule has 0 aromatic heterocycles. The Morgan fingerprint density at radius 3 is 2.46 bits per heavy atom. The van der Waals surface area contributed by atoms with Gasteiger partial charge in [-0.2, -0.15) is 0 Å². The third-order valence-electron chi connectivity index (χ3n) is 3.44. The van der Waals surface area contributed by atoms with Crippen LogP contribution in [-0.2, 0) is 11.4 Å². The molecule has 28 heavy (non-hydrogen) atoms. The molecule has 2 N–H and O–H groups in total. The van der Waals surface area contributed by atoms with Gasteiger partial charge >= 0.3 is 12.3 Å². The van der Waals surface area contributed by atoms with E-state index in [9.17, 15) is 27.9 Å². The number of anilines is 1. The summed E-state index contributed by atoms with van der Waals surface area (Å²) in [5.74, 6) is -1.94. The fourth-order valence-electron chi connectivity index (χ4n) is 2.15. The molecule has 0 aliphatic heterocycles. The van der Waals surface area contributed by atoms with Crippen LogP contribution in [0.3, 0.4) is 0 Å². The molecule has 0 unspecified atom stereocenters. The summed E-state index contributed by atoms with van der Waals surface area (Å²) in [6, 6.07) is 7.72. The summed E-state index contributed by atoms with van der Waals surface area (Å²) in [4.78, 5) is 22.9. The topological polar surface area (TPSA) is 84.9 Å². The molecule has 0 saturated carbocycles. The second-order valence-electron chi connectivity index (χ2n) is 5.52. The van der Waals surface area contributed by atoms with Crippen molar-refractivity contribution in [1.29, 1.82) is 0 Å². The van der Waals surface area contributed by atoms with Crippen LogP contribution < -0.4 is 14.8 Å². The van der Waals surface area contributed by atoms with Gasteiger partial charge in [-0.15, -0.1) is 13.2 Å². The van der Waals surface area contributed by atoms with E-state index in [4.69, 9.17) is 16.3 Å². The predicted molar refractivity (Wildman–Crippen MR) is 94.8 cm³/mol. The van der Waals surface area contributed by atoms with Gasteiger partial charge in [0, 0.05) is 6.42 Å². The number of aromatic carboxylic acids is 1. The number of hydrogen-bond acceptors (Lipinski definition) is 4. The lowest BCUT2D eigenvalue weighted by Gasteiger charge is -2.13. The molecule has 10 heteroatoms. The van der Waals surface area contributed by atoms with Crippen LogP contribution in [0.5, 0.6) is 11.5 Å². The van der Waals surface area contributed by atoms with E-state index < -0.39 is 18.1 Å². The molecule has 1 amide bonds. The Hall–Kier alpha value is -2.94. The lowest BCUT2D eigenvalue weighted by atomic mass is 10.1. The van der Waals surface area contributed by atoms with Crippen LogP contribution in [-0.4, -0.2) is 23.3 Å². The molecule has 0 radical (unpaired) electrons. The first-order valence-corrected chi connectivity index (χ1v) is 8.31. The number of hydrogen-bond donors (Lipinski definition) is 2. The lowest BCUT2D eigenvalue weighted by molar-refractivity contribution is -0.274. The zero-order valence-corrected chi connectivity index (χ0v) is 15.2. The van der Waals surface area contributed by atoms with Gasteiger partial charge in [-0.25, -0.2) is 4.79 Å². The van der Waals surface area contributed by atoms with Crippen LogP contribution in [0.2, 0.25) is 5.02 Å². The number of carbonyl (C=O) groups excluding carboxylic acids is 1. The number of ether oxygens (including phenoxy) is 2. The number of halogens is 4.